The van der Waals surface area contributed by atoms with Crippen molar-refractivity contribution in [1.82, 2.24) is 0 Å². The van der Waals surface area contributed by atoms with Gasteiger partial charge in [0.1, 0.15) is 13.2 Å². The minimum atomic E-state index is -0.813. The Morgan fingerprint density at radius 3 is 0.759 bits per heavy atom. The summed E-state index contributed by atoms with van der Waals surface area (Å²) in [5, 5.41) is 0. The molecule has 0 rings (SSSR count). The number of carbonyl (C=O) groups excluding carboxylic acids is 3. The van der Waals surface area contributed by atoms with Crippen LogP contribution in [0.25, 0.3) is 0 Å². The molecule has 83 heavy (non-hydrogen) atoms. The monoisotopic (exact) mass is 1140 g/mol. The first kappa shape index (κ1) is 77.5. The smallest absolute Gasteiger partial charge is 0.306 e. The number of rotatable bonds is 58. The summed E-state index contributed by atoms with van der Waals surface area (Å²) in [7, 11) is 0. The van der Waals surface area contributed by atoms with Crippen LogP contribution >= 0.6 is 0 Å². The zero-order valence-corrected chi connectivity index (χ0v) is 53.1. The van der Waals surface area contributed by atoms with Gasteiger partial charge in [-0.25, -0.2) is 0 Å². The molecular formula is C77H120O6. The molecule has 0 bridgehead atoms. The maximum Gasteiger partial charge on any atom is 0.306 e. The molecule has 0 amide bonds. The fourth-order valence-electron chi connectivity index (χ4n) is 8.44. The molecule has 0 aromatic carbocycles. The van der Waals surface area contributed by atoms with Crippen LogP contribution in [-0.4, -0.2) is 37.2 Å². The van der Waals surface area contributed by atoms with Gasteiger partial charge in [-0.1, -0.05) is 274 Å². The van der Waals surface area contributed by atoms with Crippen LogP contribution in [0.1, 0.15) is 265 Å². The van der Waals surface area contributed by atoms with E-state index in [1.807, 2.05) is 0 Å². The van der Waals surface area contributed by atoms with Gasteiger partial charge >= 0.3 is 17.9 Å². The molecule has 0 heterocycles. The second-order valence-electron chi connectivity index (χ2n) is 21.3. The number of hydrogen-bond acceptors (Lipinski definition) is 6. The largest absolute Gasteiger partial charge is 0.462 e. The van der Waals surface area contributed by atoms with E-state index in [0.29, 0.717) is 19.3 Å². The van der Waals surface area contributed by atoms with Gasteiger partial charge in [0.05, 0.1) is 0 Å². The summed E-state index contributed by atoms with van der Waals surface area (Å²) in [6.07, 6.45) is 103. The van der Waals surface area contributed by atoms with Crippen LogP contribution in [0.4, 0.5) is 0 Å². The van der Waals surface area contributed by atoms with Crippen molar-refractivity contribution in [2.75, 3.05) is 13.2 Å². The van der Waals surface area contributed by atoms with Crippen LogP contribution in [0.5, 0.6) is 0 Å². The molecule has 0 saturated carbocycles. The van der Waals surface area contributed by atoms with Crippen LogP contribution < -0.4 is 0 Å². The molecule has 1 atom stereocenters. The van der Waals surface area contributed by atoms with E-state index >= 15 is 0 Å². The van der Waals surface area contributed by atoms with Gasteiger partial charge in [-0.2, -0.15) is 0 Å². The number of carbonyl (C=O) groups is 3. The lowest BCUT2D eigenvalue weighted by Gasteiger charge is -2.18. The molecule has 0 spiro atoms. The lowest BCUT2D eigenvalue weighted by molar-refractivity contribution is -0.167. The second kappa shape index (κ2) is 69.0. The summed E-state index contributed by atoms with van der Waals surface area (Å²) in [6.45, 7) is 6.32. The van der Waals surface area contributed by atoms with Crippen molar-refractivity contribution in [2.45, 2.75) is 271 Å². The van der Waals surface area contributed by atoms with Crippen molar-refractivity contribution >= 4 is 17.9 Å². The van der Waals surface area contributed by atoms with Gasteiger partial charge in [0, 0.05) is 19.3 Å². The van der Waals surface area contributed by atoms with Crippen LogP contribution in [0.2, 0.25) is 0 Å². The van der Waals surface area contributed by atoms with Crippen molar-refractivity contribution in [3.8, 4) is 0 Å². The van der Waals surface area contributed by atoms with Gasteiger partial charge in [0.25, 0.3) is 0 Å². The van der Waals surface area contributed by atoms with Gasteiger partial charge in [-0.05, 0) is 154 Å². The standard InChI is InChI=1S/C77H120O6/c1-4-7-10-13-16-19-22-24-26-28-30-32-34-35-36-37-38-39-40-41-43-44-46-48-50-52-55-58-61-64-67-70-76(79)82-73-74(72-81-75(78)69-66-63-60-57-54-21-18-15-12-9-6-3)83-77(80)71-68-65-62-59-56-53-51-49-47-45-42-33-31-29-27-25-23-20-17-14-11-8-5-2/h7-8,10-11,15-20,24-27,30-33,35-36,38-39,41,43,45-48,52,55,74H,4-6,9,12-14,21-23,28-29,34,37,40,42,44,49-51,53-54,56-73H2,1-3H3/b10-7-,11-8-,18-15-,19-16-,20-17-,26-24-,27-25-,32-30-,33-31-,36-35-,39-38-,43-41-,47-45-,48-46-,55-52-. The lowest BCUT2D eigenvalue weighted by Crippen LogP contribution is -2.30. The summed E-state index contributed by atoms with van der Waals surface area (Å²) in [6, 6.07) is 0. The Balaban J connectivity index is 4.41. The maximum atomic E-state index is 12.9. The SMILES string of the molecule is CC/C=C\C/C=C\C/C=C\C/C=C\C/C=C\C/C=C\C/C=C\C/C=C\C/C=C\CCCCCC(=O)OCC(COC(=O)CCCCCCC/C=C\CCCC)OC(=O)CCCCCCCCC/C=C\C/C=C\C/C=C\C/C=C\C/C=C\CC. The molecule has 0 aromatic heterocycles. The lowest BCUT2D eigenvalue weighted by atomic mass is 10.1. The Bertz CT molecular complexity index is 1940. The van der Waals surface area contributed by atoms with Crippen molar-refractivity contribution in [2.24, 2.45) is 0 Å². The van der Waals surface area contributed by atoms with Crippen molar-refractivity contribution in [1.29, 1.82) is 0 Å². The number of hydrogen-bond donors (Lipinski definition) is 0. The molecule has 0 radical (unpaired) electrons. The molecule has 0 aliphatic heterocycles. The van der Waals surface area contributed by atoms with Crippen molar-refractivity contribution < 1.29 is 28.6 Å². The third kappa shape index (κ3) is 67.2. The fraction of sp³-hybridized carbons (Fsp3) is 0.571. The number of unbranched alkanes of at least 4 members (excludes halogenated alkanes) is 17. The highest BCUT2D eigenvalue weighted by atomic mass is 16.6. The van der Waals surface area contributed by atoms with Gasteiger partial charge in [0.2, 0.25) is 0 Å². The van der Waals surface area contributed by atoms with Crippen molar-refractivity contribution in [3.63, 3.8) is 0 Å². The molecule has 0 fully saturated rings. The highest BCUT2D eigenvalue weighted by Gasteiger charge is 2.19. The molecule has 0 N–H and O–H groups in total. The molecule has 0 saturated heterocycles. The van der Waals surface area contributed by atoms with E-state index in [0.717, 1.165) is 180 Å². The first-order chi connectivity index (χ1) is 41.0. The van der Waals surface area contributed by atoms with Crippen LogP contribution in [-0.2, 0) is 28.6 Å². The molecule has 0 aromatic rings. The molecule has 6 nitrogen and oxygen atoms in total. The van der Waals surface area contributed by atoms with Crippen LogP contribution in [0.15, 0.2) is 182 Å². The van der Waals surface area contributed by atoms with E-state index < -0.39 is 6.10 Å². The Labute approximate surface area is 510 Å². The topological polar surface area (TPSA) is 78.9 Å². The average Bonchev–Trinajstić information content (AvgIpc) is 3.48. The normalized spacial score (nSPS) is 13.3. The van der Waals surface area contributed by atoms with Crippen LogP contribution in [0.3, 0.4) is 0 Å². The summed E-state index contributed by atoms with van der Waals surface area (Å²) in [5.41, 5.74) is 0. The van der Waals surface area contributed by atoms with E-state index in [-0.39, 0.29) is 31.1 Å². The Hall–Kier alpha value is -5.49. The van der Waals surface area contributed by atoms with E-state index in [1.165, 1.54) is 44.9 Å². The number of esters is 3. The first-order valence-corrected chi connectivity index (χ1v) is 33.3. The third-order valence-electron chi connectivity index (χ3n) is 13.4. The fourth-order valence-corrected chi connectivity index (χ4v) is 8.44. The highest BCUT2D eigenvalue weighted by molar-refractivity contribution is 5.71. The highest BCUT2D eigenvalue weighted by Crippen LogP contribution is 2.14. The predicted octanol–water partition coefficient (Wildman–Crippen LogP) is 23.2. The summed E-state index contributed by atoms with van der Waals surface area (Å²) >= 11 is 0. The summed E-state index contributed by atoms with van der Waals surface area (Å²) in [4.78, 5) is 38.3. The molecule has 1 unspecified atom stereocenters. The molecule has 0 aliphatic carbocycles. The molecule has 6 heteroatoms. The maximum absolute atomic E-state index is 12.9. The number of ether oxygens (including phenoxy) is 3. The second-order valence-corrected chi connectivity index (χ2v) is 21.3. The van der Waals surface area contributed by atoms with Gasteiger partial charge in [0.15, 0.2) is 6.10 Å². The zero-order valence-electron chi connectivity index (χ0n) is 53.1. The van der Waals surface area contributed by atoms with Gasteiger partial charge < -0.3 is 14.2 Å². The Kier molecular flexibility index (Phi) is 64.4. The first-order valence-electron chi connectivity index (χ1n) is 33.3. The molecule has 0 aliphatic rings. The minimum absolute atomic E-state index is 0.106. The molecule has 464 valence electrons. The average molecular weight is 1140 g/mol. The van der Waals surface area contributed by atoms with E-state index in [9.17, 15) is 14.4 Å². The third-order valence-corrected chi connectivity index (χ3v) is 13.4. The van der Waals surface area contributed by atoms with Crippen molar-refractivity contribution in [3.05, 3.63) is 182 Å². The summed E-state index contributed by atoms with van der Waals surface area (Å²) < 4.78 is 16.9. The van der Waals surface area contributed by atoms with Crippen LogP contribution in [0, 0.1) is 0 Å². The summed E-state index contributed by atoms with van der Waals surface area (Å²) in [5.74, 6) is -0.967. The zero-order chi connectivity index (χ0) is 59.9. The Morgan fingerprint density at radius 1 is 0.253 bits per heavy atom. The van der Waals surface area contributed by atoms with Gasteiger partial charge in [-0.15, -0.1) is 0 Å². The Morgan fingerprint density at radius 2 is 0.470 bits per heavy atom. The predicted molar refractivity (Wildman–Crippen MR) is 361 cm³/mol. The van der Waals surface area contributed by atoms with E-state index in [1.54, 1.807) is 0 Å². The quantitative estimate of drug-likeness (QED) is 0.0261. The number of allylic oxidation sites excluding steroid dienone is 30. The van der Waals surface area contributed by atoms with E-state index in [2.05, 4.69) is 203 Å². The van der Waals surface area contributed by atoms with E-state index in [4.69, 9.17) is 14.2 Å². The minimum Gasteiger partial charge on any atom is -0.462 e. The van der Waals surface area contributed by atoms with Gasteiger partial charge in [-0.3, -0.25) is 14.4 Å². The molecular weight excluding hydrogens is 1020 g/mol.